The Morgan fingerprint density at radius 1 is 1.52 bits per heavy atom. The van der Waals surface area contributed by atoms with Gasteiger partial charge in [0.05, 0.1) is 6.54 Å². The number of hydrogen-bond acceptors (Lipinski definition) is 5. The number of benzene rings is 1. The molecule has 1 aromatic carbocycles. The lowest BCUT2D eigenvalue weighted by molar-refractivity contribution is -0.117. The number of halogens is 1. The van der Waals surface area contributed by atoms with Crippen LogP contribution in [0.5, 0.6) is 0 Å². The number of rotatable bonds is 4. The fourth-order valence-electron chi connectivity index (χ4n) is 2.68. The van der Waals surface area contributed by atoms with Gasteiger partial charge in [-0.25, -0.2) is 4.39 Å². The van der Waals surface area contributed by atoms with Gasteiger partial charge >= 0.3 is 0 Å². The Morgan fingerprint density at radius 3 is 3.19 bits per heavy atom. The quantitative estimate of drug-likeness (QED) is 0.942. The normalized spacial score (nSPS) is 18.8. The Labute approximate surface area is 125 Å². The smallest absolute Gasteiger partial charge is 0.240 e. The lowest BCUT2D eigenvalue weighted by Gasteiger charge is -2.24. The summed E-state index contributed by atoms with van der Waals surface area (Å²) in [5.41, 5.74) is 2.50. The molecule has 1 aliphatic heterocycles. The summed E-state index contributed by atoms with van der Waals surface area (Å²) in [4.78, 5) is 14.1. The number of amides is 1. The van der Waals surface area contributed by atoms with Gasteiger partial charge in [-0.1, -0.05) is 23.5 Å². The fourth-order valence-corrected chi connectivity index (χ4v) is 3.14. The summed E-state index contributed by atoms with van der Waals surface area (Å²) in [6, 6.07) is 6.70. The molecule has 1 fully saturated rings. The van der Waals surface area contributed by atoms with Crippen LogP contribution in [0.3, 0.4) is 0 Å². The van der Waals surface area contributed by atoms with Gasteiger partial charge in [-0.05, 0) is 37.1 Å². The standard InChI is InChI=1S/C14H15FN4OS/c15-11-4-1-3-10(7-11)12-5-2-6-19(12)8-13(20)17-14-18-16-9-21-14/h1,3-4,7,9,12H,2,5-6,8H2,(H,17,18,20)/t12-/m1/s1. The Morgan fingerprint density at radius 2 is 2.43 bits per heavy atom. The lowest BCUT2D eigenvalue weighted by atomic mass is 10.0. The molecule has 1 aromatic heterocycles. The molecular formula is C14H15FN4OS. The highest BCUT2D eigenvalue weighted by Gasteiger charge is 2.27. The van der Waals surface area contributed by atoms with E-state index in [4.69, 9.17) is 0 Å². The summed E-state index contributed by atoms with van der Waals surface area (Å²) in [7, 11) is 0. The summed E-state index contributed by atoms with van der Waals surface area (Å²) < 4.78 is 13.4. The van der Waals surface area contributed by atoms with Gasteiger partial charge < -0.3 is 0 Å². The Bertz CT molecular complexity index is 619. The van der Waals surface area contributed by atoms with Crippen molar-refractivity contribution in [2.24, 2.45) is 0 Å². The highest BCUT2D eigenvalue weighted by atomic mass is 32.1. The molecule has 0 saturated carbocycles. The summed E-state index contributed by atoms with van der Waals surface area (Å²) in [5, 5.41) is 10.7. The highest BCUT2D eigenvalue weighted by molar-refractivity contribution is 7.13. The molecule has 21 heavy (non-hydrogen) atoms. The van der Waals surface area contributed by atoms with Gasteiger partial charge in [0, 0.05) is 6.04 Å². The van der Waals surface area contributed by atoms with Crippen LogP contribution in [-0.2, 0) is 4.79 Å². The largest absolute Gasteiger partial charge is 0.299 e. The van der Waals surface area contributed by atoms with E-state index in [2.05, 4.69) is 20.4 Å². The molecule has 1 saturated heterocycles. The van der Waals surface area contributed by atoms with E-state index in [1.54, 1.807) is 17.6 Å². The third-order valence-electron chi connectivity index (χ3n) is 3.55. The predicted octanol–water partition coefficient (Wildman–Crippen LogP) is 2.45. The van der Waals surface area contributed by atoms with Gasteiger partial charge in [-0.15, -0.1) is 10.2 Å². The van der Waals surface area contributed by atoms with Crippen LogP contribution < -0.4 is 5.32 Å². The molecule has 0 spiro atoms. The number of anilines is 1. The zero-order chi connectivity index (χ0) is 14.7. The van der Waals surface area contributed by atoms with Crippen molar-refractivity contribution in [1.29, 1.82) is 0 Å². The maximum atomic E-state index is 13.4. The minimum absolute atomic E-state index is 0.0980. The van der Waals surface area contributed by atoms with Gasteiger partial charge in [0.2, 0.25) is 11.0 Å². The molecule has 1 N–H and O–H groups in total. The summed E-state index contributed by atoms with van der Waals surface area (Å²) in [5.74, 6) is -0.354. The lowest BCUT2D eigenvalue weighted by Crippen LogP contribution is -2.32. The van der Waals surface area contributed by atoms with Crippen molar-refractivity contribution in [2.45, 2.75) is 18.9 Å². The molecule has 0 bridgehead atoms. The molecule has 2 aromatic rings. The van der Waals surface area contributed by atoms with Gasteiger partial charge in [0.25, 0.3) is 0 Å². The van der Waals surface area contributed by atoms with Crippen molar-refractivity contribution in [3.05, 3.63) is 41.2 Å². The van der Waals surface area contributed by atoms with Crippen LogP contribution in [0, 0.1) is 5.82 Å². The van der Waals surface area contributed by atoms with Crippen LogP contribution in [0.1, 0.15) is 24.4 Å². The Hall–Kier alpha value is -1.86. The van der Waals surface area contributed by atoms with Crippen LogP contribution in [0.2, 0.25) is 0 Å². The van der Waals surface area contributed by atoms with E-state index >= 15 is 0 Å². The molecule has 0 aliphatic carbocycles. The number of likely N-dealkylation sites (tertiary alicyclic amines) is 1. The van der Waals surface area contributed by atoms with E-state index in [0.717, 1.165) is 24.9 Å². The molecule has 7 heteroatoms. The van der Waals surface area contributed by atoms with Gasteiger partial charge in [0.15, 0.2) is 0 Å². The van der Waals surface area contributed by atoms with Gasteiger partial charge in [0.1, 0.15) is 11.3 Å². The van der Waals surface area contributed by atoms with Crippen LogP contribution >= 0.6 is 11.3 Å². The first-order valence-corrected chi connectivity index (χ1v) is 7.66. The second kappa shape index (κ2) is 6.28. The monoisotopic (exact) mass is 306 g/mol. The second-order valence-corrected chi connectivity index (χ2v) is 5.81. The average Bonchev–Trinajstić information content (AvgIpc) is 3.10. The molecule has 0 unspecified atom stereocenters. The van der Waals surface area contributed by atoms with E-state index in [1.165, 1.54) is 17.4 Å². The van der Waals surface area contributed by atoms with Crippen LogP contribution in [-0.4, -0.2) is 34.1 Å². The fraction of sp³-hybridized carbons (Fsp3) is 0.357. The van der Waals surface area contributed by atoms with Crippen molar-refractivity contribution in [1.82, 2.24) is 15.1 Å². The zero-order valence-electron chi connectivity index (χ0n) is 11.3. The van der Waals surface area contributed by atoms with Crippen molar-refractivity contribution in [3.8, 4) is 0 Å². The first-order chi connectivity index (χ1) is 10.2. The predicted molar refractivity (Wildman–Crippen MR) is 78.5 cm³/mol. The van der Waals surface area contributed by atoms with Crippen LogP contribution in [0.15, 0.2) is 29.8 Å². The number of aromatic nitrogens is 2. The third-order valence-corrected chi connectivity index (χ3v) is 4.16. The van der Waals surface area contributed by atoms with Gasteiger partial charge in [-0.2, -0.15) is 0 Å². The average molecular weight is 306 g/mol. The van der Waals surface area contributed by atoms with E-state index in [1.807, 2.05) is 6.07 Å². The summed E-state index contributed by atoms with van der Waals surface area (Å²) >= 11 is 1.29. The molecule has 110 valence electrons. The molecule has 5 nitrogen and oxygen atoms in total. The minimum atomic E-state index is -0.238. The Kier molecular flexibility index (Phi) is 4.21. The topological polar surface area (TPSA) is 58.1 Å². The molecule has 3 rings (SSSR count). The number of nitrogens with zero attached hydrogens (tertiary/aromatic N) is 3. The van der Waals surface area contributed by atoms with E-state index in [9.17, 15) is 9.18 Å². The van der Waals surface area contributed by atoms with E-state index in [-0.39, 0.29) is 24.3 Å². The molecule has 0 radical (unpaired) electrons. The van der Waals surface area contributed by atoms with Gasteiger partial charge in [-0.3, -0.25) is 15.0 Å². The minimum Gasteiger partial charge on any atom is -0.299 e. The highest BCUT2D eigenvalue weighted by Crippen LogP contribution is 2.31. The number of hydrogen-bond donors (Lipinski definition) is 1. The third kappa shape index (κ3) is 3.43. The van der Waals surface area contributed by atoms with Crippen molar-refractivity contribution in [2.75, 3.05) is 18.4 Å². The maximum Gasteiger partial charge on any atom is 0.240 e. The van der Waals surface area contributed by atoms with Crippen molar-refractivity contribution < 1.29 is 9.18 Å². The maximum absolute atomic E-state index is 13.4. The summed E-state index contributed by atoms with van der Waals surface area (Å²) in [6.07, 6.45) is 1.95. The number of nitrogens with one attached hydrogen (secondary N) is 1. The SMILES string of the molecule is O=C(CN1CCC[C@@H]1c1cccc(F)c1)Nc1nncs1. The first kappa shape index (κ1) is 14.1. The molecule has 1 amide bonds. The Balaban J connectivity index is 1.65. The number of carbonyl (C=O) groups is 1. The molecular weight excluding hydrogens is 291 g/mol. The summed E-state index contributed by atoms with van der Waals surface area (Å²) in [6.45, 7) is 1.12. The van der Waals surface area contributed by atoms with Crippen molar-refractivity contribution >= 4 is 22.4 Å². The number of carbonyl (C=O) groups excluding carboxylic acids is 1. The van der Waals surface area contributed by atoms with Crippen molar-refractivity contribution in [3.63, 3.8) is 0 Å². The second-order valence-electron chi connectivity index (χ2n) is 4.98. The van der Waals surface area contributed by atoms with Crippen LogP contribution in [0.25, 0.3) is 0 Å². The molecule has 1 aliphatic rings. The molecule has 1 atom stereocenters. The zero-order valence-corrected chi connectivity index (χ0v) is 12.1. The van der Waals surface area contributed by atoms with E-state index < -0.39 is 0 Å². The van der Waals surface area contributed by atoms with E-state index in [0.29, 0.717) is 5.13 Å². The molecule has 2 heterocycles. The van der Waals surface area contributed by atoms with Crippen LogP contribution in [0.4, 0.5) is 9.52 Å². The first-order valence-electron chi connectivity index (χ1n) is 6.78.